The summed E-state index contributed by atoms with van der Waals surface area (Å²) in [7, 11) is 1.62. The van der Waals surface area contributed by atoms with Gasteiger partial charge < -0.3 is 10.1 Å². The van der Waals surface area contributed by atoms with Crippen LogP contribution in [0.4, 0.5) is 5.69 Å². The maximum atomic E-state index is 11.8. The number of carbonyl (C=O) groups excluding carboxylic acids is 1. The molecule has 5 heteroatoms. The monoisotopic (exact) mass is 274 g/mol. The summed E-state index contributed by atoms with van der Waals surface area (Å²) in [6.07, 6.45) is 3.28. The number of amides is 1. The second-order valence-corrected chi connectivity index (χ2v) is 4.74. The van der Waals surface area contributed by atoms with Gasteiger partial charge >= 0.3 is 0 Å². The minimum atomic E-state index is -0.0536. The predicted molar refractivity (Wildman–Crippen MR) is 76.6 cm³/mol. The number of benzene rings is 1. The smallest absolute Gasteiger partial charge is 0.234 e. The fourth-order valence-corrected chi connectivity index (χ4v) is 2.34. The lowest BCUT2D eigenvalue weighted by atomic mass is 10.3. The van der Waals surface area contributed by atoms with Crippen LogP contribution in [0.2, 0.25) is 0 Å². The number of nitrogens with one attached hydrogen (secondary N) is 1. The third-order valence-corrected chi connectivity index (χ3v) is 3.45. The molecule has 98 valence electrons. The molecular formula is C14H14N2O2S. The minimum Gasteiger partial charge on any atom is -0.496 e. The van der Waals surface area contributed by atoms with E-state index in [1.54, 1.807) is 31.6 Å². The van der Waals surface area contributed by atoms with E-state index in [2.05, 4.69) is 10.3 Å². The maximum Gasteiger partial charge on any atom is 0.234 e. The summed E-state index contributed by atoms with van der Waals surface area (Å²) in [6, 6.07) is 11.1. The van der Waals surface area contributed by atoms with E-state index in [-0.39, 0.29) is 5.91 Å². The van der Waals surface area contributed by atoms with Crippen molar-refractivity contribution in [3.05, 3.63) is 48.8 Å². The van der Waals surface area contributed by atoms with Gasteiger partial charge in [0.25, 0.3) is 0 Å². The largest absolute Gasteiger partial charge is 0.496 e. The fraction of sp³-hybridized carbons (Fsp3) is 0.143. The molecule has 1 heterocycles. The van der Waals surface area contributed by atoms with Crippen molar-refractivity contribution in [3.63, 3.8) is 0 Å². The molecule has 1 amide bonds. The van der Waals surface area contributed by atoms with Crippen LogP contribution >= 0.6 is 11.8 Å². The zero-order chi connectivity index (χ0) is 13.5. The lowest BCUT2D eigenvalue weighted by Crippen LogP contribution is -2.13. The Kier molecular flexibility index (Phi) is 4.80. The predicted octanol–water partition coefficient (Wildman–Crippen LogP) is 2.82. The number of pyridine rings is 1. The van der Waals surface area contributed by atoms with Gasteiger partial charge in [-0.15, -0.1) is 11.8 Å². The van der Waals surface area contributed by atoms with Crippen molar-refractivity contribution in [2.24, 2.45) is 0 Å². The number of anilines is 1. The Morgan fingerprint density at radius 1 is 1.26 bits per heavy atom. The number of thioether (sulfide) groups is 1. The summed E-state index contributed by atoms with van der Waals surface area (Å²) >= 11 is 1.45. The highest BCUT2D eigenvalue weighted by Gasteiger charge is 2.06. The van der Waals surface area contributed by atoms with Gasteiger partial charge in [-0.3, -0.25) is 9.78 Å². The Morgan fingerprint density at radius 2 is 2.00 bits per heavy atom. The third kappa shape index (κ3) is 3.99. The molecule has 0 aliphatic rings. The van der Waals surface area contributed by atoms with Gasteiger partial charge in [0.05, 0.1) is 12.9 Å². The first kappa shape index (κ1) is 13.4. The Labute approximate surface area is 116 Å². The number of rotatable bonds is 5. The van der Waals surface area contributed by atoms with Crippen LogP contribution in [0.3, 0.4) is 0 Å². The molecule has 0 aliphatic heterocycles. The van der Waals surface area contributed by atoms with Crippen molar-refractivity contribution in [1.29, 1.82) is 0 Å². The molecule has 1 aromatic heterocycles. The normalized spacial score (nSPS) is 9.95. The van der Waals surface area contributed by atoms with Crippen molar-refractivity contribution in [3.8, 4) is 5.75 Å². The molecule has 1 N–H and O–H groups in total. The molecule has 0 aliphatic carbocycles. The zero-order valence-corrected chi connectivity index (χ0v) is 11.3. The number of hydrogen-bond donors (Lipinski definition) is 1. The van der Waals surface area contributed by atoms with Gasteiger partial charge in [0.15, 0.2) is 0 Å². The second kappa shape index (κ2) is 6.80. The highest BCUT2D eigenvalue weighted by molar-refractivity contribution is 8.00. The van der Waals surface area contributed by atoms with Crippen LogP contribution in [0.25, 0.3) is 0 Å². The van der Waals surface area contributed by atoms with Crippen molar-refractivity contribution in [2.75, 3.05) is 18.2 Å². The summed E-state index contributed by atoms with van der Waals surface area (Å²) in [5, 5.41) is 2.81. The molecule has 4 nitrogen and oxygen atoms in total. The van der Waals surface area contributed by atoms with Gasteiger partial charge in [0, 0.05) is 23.0 Å². The van der Waals surface area contributed by atoms with Crippen LogP contribution in [-0.2, 0) is 4.79 Å². The zero-order valence-electron chi connectivity index (χ0n) is 10.5. The standard InChI is InChI=1S/C14H14N2O2S/c1-18-12-4-2-3-5-13(12)19-10-14(17)16-11-6-8-15-9-7-11/h2-9H,10H2,1H3,(H,15,16,17). The van der Waals surface area contributed by atoms with Crippen molar-refractivity contribution >= 4 is 23.4 Å². The molecule has 0 fully saturated rings. The summed E-state index contributed by atoms with van der Waals surface area (Å²) in [5.41, 5.74) is 0.751. The van der Waals surface area contributed by atoms with E-state index in [1.165, 1.54) is 11.8 Å². The number of methoxy groups -OCH3 is 1. The minimum absolute atomic E-state index is 0.0536. The molecule has 0 saturated carbocycles. The number of para-hydroxylation sites is 1. The highest BCUT2D eigenvalue weighted by atomic mass is 32.2. The molecule has 2 aromatic rings. The molecule has 0 saturated heterocycles. The third-order valence-electron chi connectivity index (χ3n) is 2.39. The van der Waals surface area contributed by atoms with Crippen molar-refractivity contribution in [1.82, 2.24) is 4.98 Å². The summed E-state index contributed by atoms with van der Waals surface area (Å²) < 4.78 is 5.24. The van der Waals surface area contributed by atoms with E-state index in [0.29, 0.717) is 5.75 Å². The van der Waals surface area contributed by atoms with Crippen molar-refractivity contribution < 1.29 is 9.53 Å². The summed E-state index contributed by atoms with van der Waals surface area (Å²) in [5.74, 6) is 1.06. The molecule has 0 unspecified atom stereocenters. The summed E-state index contributed by atoms with van der Waals surface area (Å²) in [6.45, 7) is 0. The van der Waals surface area contributed by atoms with Crippen LogP contribution in [0, 0.1) is 0 Å². The van der Waals surface area contributed by atoms with E-state index in [0.717, 1.165) is 16.3 Å². The van der Waals surface area contributed by atoms with Crippen LogP contribution in [-0.4, -0.2) is 23.8 Å². The number of aromatic nitrogens is 1. The topological polar surface area (TPSA) is 51.2 Å². The van der Waals surface area contributed by atoms with Gasteiger partial charge in [0.2, 0.25) is 5.91 Å². The van der Waals surface area contributed by atoms with Gasteiger partial charge in [-0.1, -0.05) is 12.1 Å². The lowest BCUT2D eigenvalue weighted by molar-refractivity contribution is -0.113. The first-order chi connectivity index (χ1) is 9.29. The van der Waals surface area contributed by atoms with E-state index in [9.17, 15) is 4.79 Å². The molecule has 2 rings (SSSR count). The molecule has 0 atom stereocenters. The fourth-order valence-electron chi connectivity index (χ4n) is 1.51. The number of hydrogen-bond acceptors (Lipinski definition) is 4. The van der Waals surface area contributed by atoms with E-state index in [4.69, 9.17) is 4.74 Å². The van der Waals surface area contributed by atoms with Gasteiger partial charge in [-0.2, -0.15) is 0 Å². The molecular weight excluding hydrogens is 260 g/mol. The quantitative estimate of drug-likeness (QED) is 0.852. The Morgan fingerprint density at radius 3 is 2.74 bits per heavy atom. The highest BCUT2D eigenvalue weighted by Crippen LogP contribution is 2.28. The first-order valence-corrected chi connectivity index (χ1v) is 6.74. The summed E-state index contributed by atoms with van der Waals surface area (Å²) in [4.78, 5) is 16.6. The first-order valence-electron chi connectivity index (χ1n) is 5.75. The van der Waals surface area contributed by atoms with Gasteiger partial charge in [-0.05, 0) is 24.3 Å². The van der Waals surface area contributed by atoms with E-state index < -0.39 is 0 Å². The van der Waals surface area contributed by atoms with E-state index >= 15 is 0 Å². The molecule has 0 radical (unpaired) electrons. The molecule has 0 spiro atoms. The Bertz CT molecular complexity index is 546. The molecule has 1 aromatic carbocycles. The average molecular weight is 274 g/mol. The van der Waals surface area contributed by atoms with Gasteiger partial charge in [-0.25, -0.2) is 0 Å². The lowest BCUT2D eigenvalue weighted by Gasteiger charge is -2.08. The SMILES string of the molecule is COc1ccccc1SCC(=O)Nc1ccncc1. The molecule has 0 bridgehead atoms. The number of carbonyl (C=O) groups is 1. The number of nitrogens with zero attached hydrogens (tertiary/aromatic N) is 1. The Balaban J connectivity index is 1.90. The second-order valence-electron chi connectivity index (χ2n) is 3.72. The van der Waals surface area contributed by atoms with Crippen LogP contribution in [0.5, 0.6) is 5.75 Å². The van der Waals surface area contributed by atoms with E-state index in [1.807, 2.05) is 24.3 Å². The van der Waals surface area contributed by atoms with Crippen molar-refractivity contribution in [2.45, 2.75) is 4.90 Å². The maximum absolute atomic E-state index is 11.8. The Hall–Kier alpha value is -2.01. The van der Waals surface area contributed by atoms with Gasteiger partial charge in [0.1, 0.15) is 5.75 Å². The molecule has 19 heavy (non-hydrogen) atoms. The van der Waals surface area contributed by atoms with Crippen LogP contribution in [0.15, 0.2) is 53.7 Å². The average Bonchev–Trinajstić information content (AvgIpc) is 2.46. The number of ether oxygens (including phenoxy) is 1. The van der Waals surface area contributed by atoms with Crippen LogP contribution in [0.1, 0.15) is 0 Å². The van der Waals surface area contributed by atoms with Crippen LogP contribution < -0.4 is 10.1 Å².